The van der Waals surface area contributed by atoms with E-state index >= 15 is 8.78 Å². The molecule has 2 saturated carbocycles. The predicted molar refractivity (Wildman–Crippen MR) is 167 cm³/mol. The zero-order chi connectivity index (χ0) is 31.4. The maximum Gasteiger partial charge on any atom is 0.333 e. The van der Waals surface area contributed by atoms with Gasteiger partial charge in [-0.05, 0) is 68.8 Å². The number of esters is 1. The Labute approximate surface area is 257 Å². The molecule has 2 fully saturated rings. The zero-order valence-corrected chi connectivity index (χ0v) is 26.2. The monoisotopic (exact) mass is 602 g/mol. The number of hydrogen-bond acceptors (Lipinski definition) is 5. The number of aliphatic hydroxyl groups is 2. The molecule has 0 amide bonds. The maximum atomic E-state index is 15.4. The summed E-state index contributed by atoms with van der Waals surface area (Å²) in [5.74, 6) is -0.682. The second-order valence-corrected chi connectivity index (χ2v) is 12.7. The van der Waals surface area contributed by atoms with Gasteiger partial charge in [-0.3, -0.25) is 0 Å². The highest BCUT2D eigenvalue weighted by Gasteiger charge is 2.33. The summed E-state index contributed by atoms with van der Waals surface area (Å²) >= 11 is 0. The molecule has 7 heteroatoms. The first-order chi connectivity index (χ1) is 20.6. The molecule has 1 aromatic carbocycles. The second-order valence-electron chi connectivity index (χ2n) is 12.7. The number of benzene rings is 1. The van der Waals surface area contributed by atoms with E-state index in [1.54, 1.807) is 12.1 Å². The lowest BCUT2D eigenvalue weighted by molar-refractivity contribution is -0.140. The summed E-state index contributed by atoms with van der Waals surface area (Å²) in [6.07, 6.45) is 12.5. The van der Waals surface area contributed by atoms with Crippen LogP contribution in [0.15, 0.2) is 54.4 Å². The molecule has 240 valence electrons. The molecule has 2 N–H and O–H groups in total. The molecule has 2 unspecified atom stereocenters. The van der Waals surface area contributed by atoms with E-state index in [-0.39, 0.29) is 35.8 Å². The van der Waals surface area contributed by atoms with E-state index in [0.717, 1.165) is 24.7 Å². The molecule has 3 rings (SSSR count). The molecule has 0 aliphatic heterocycles. The molecule has 0 aromatic heterocycles. The minimum atomic E-state index is -1.39. The number of allylic oxidation sites excluding steroid dienone is 1. The highest BCUT2D eigenvalue weighted by molar-refractivity contribution is 5.86. The molecule has 2 aliphatic rings. The number of carbonyl (C=O) groups excluding carboxylic acids is 1. The lowest BCUT2D eigenvalue weighted by Gasteiger charge is -2.37. The maximum absolute atomic E-state index is 15.4. The number of halogens is 2. The third-order valence-corrected chi connectivity index (χ3v) is 9.52. The number of unbranched alkanes of at least 4 members (excludes halogenated alkanes) is 2. The third-order valence-electron chi connectivity index (χ3n) is 9.52. The Hall–Kier alpha value is -2.35. The van der Waals surface area contributed by atoms with Crippen molar-refractivity contribution in [1.29, 1.82) is 0 Å². The van der Waals surface area contributed by atoms with Gasteiger partial charge in [0.1, 0.15) is 12.4 Å². The normalized spacial score (nSPS) is 24.5. The smallest absolute Gasteiger partial charge is 0.333 e. The van der Waals surface area contributed by atoms with Crippen LogP contribution in [0.5, 0.6) is 0 Å². The molecule has 0 radical (unpaired) electrons. The summed E-state index contributed by atoms with van der Waals surface area (Å²) in [6, 6.07) is 6.33. The van der Waals surface area contributed by atoms with Gasteiger partial charge in [0.15, 0.2) is 12.1 Å². The lowest BCUT2D eigenvalue weighted by Crippen LogP contribution is -2.26. The minimum Gasteiger partial charge on any atom is -0.462 e. The molecular weight excluding hydrogens is 550 g/mol. The summed E-state index contributed by atoms with van der Waals surface area (Å²) in [7, 11) is 0. The first-order valence-electron chi connectivity index (χ1n) is 16.2. The molecule has 2 aliphatic carbocycles. The van der Waals surface area contributed by atoms with Gasteiger partial charge in [0.25, 0.3) is 0 Å². The molecule has 2 atom stereocenters. The Morgan fingerprint density at radius 2 is 1.56 bits per heavy atom. The van der Waals surface area contributed by atoms with E-state index in [1.165, 1.54) is 70.4 Å². The lowest BCUT2D eigenvalue weighted by atomic mass is 9.68. The van der Waals surface area contributed by atoms with E-state index in [0.29, 0.717) is 24.3 Å². The van der Waals surface area contributed by atoms with Gasteiger partial charge < -0.3 is 19.7 Å². The van der Waals surface area contributed by atoms with Crippen molar-refractivity contribution in [2.24, 2.45) is 23.7 Å². The molecule has 5 nitrogen and oxygen atoms in total. The topological polar surface area (TPSA) is 76.0 Å². The van der Waals surface area contributed by atoms with Gasteiger partial charge >= 0.3 is 5.97 Å². The third kappa shape index (κ3) is 10.6. The number of hydrogen-bond donors (Lipinski definition) is 2. The van der Waals surface area contributed by atoms with Gasteiger partial charge in [-0.25, -0.2) is 13.6 Å². The van der Waals surface area contributed by atoms with Crippen molar-refractivity contribution >= 4 is 11.8 Å². The zero-order valence-electron chi connectivity index (χ0n) is 26.2. The number of rotatable bonds is 16. The van der Waals surface area contributed by atoms with Gasteiger partial charge in [0, 0.05) is 28.5 Å². The van der Waals surface area contributed by atoms with Crippen molar-refractivity contribution in [2.45, 2.75) is 103 Å². The van der Waals surface area contributed by atoms with E-state index in [4.69, 9.17) is 14.6 Å². The SMILES string of the molecule is C=C(C)C(=O)OCC(COC(O)C(=C)CO)c1ccc(/C(F)=C(\F)C2CCC(C3CCC(CCCCC)CC3)CC2)cc1. The molecule has 1 aromatic rings. The largest absolute Gasteiger partial charge is 0.462 e. The van der Waals surface area contributed by atoms with Crippen LogP contribution in [-0.2, 0) is 14.3 Å². The number of carbonyl (C=O) groups is 1. The Balaban J connectivity index is 1.57. The van der Waals surface area contributed by atoms with Crippen molar-refractivity contribution in [3.05, 3.63) is 65.5 Å². The van der Waals surface area contributed by atoms with E-state index in [1.807, 2.05) is 0 Å². The summed E-state index contributed by atoms with van der Waals surface area (Å²) in [4.78, 5) is 12.0. The van der Waals surface area contributed by atoms with E-state index in [9.17, 15) is 9.90 Å². The van der Waals surface area contributed by atoms with Gasteiger partial charge in [0.2, 0.25) is 0 Å². The minimum absolute atomic E-state index is 0.0561. The molecule has 43 heavy (non-hydrogen) atoms. The number of aliphatic hydroxyl groups excluding tert-OH is 2. The Bertz CT molecular complexity index is 1070. The van der Waals surface area contributed by atoms with E-state index in [2.05, 4.69) is 20.1 Å². The Kier molecular flexibility index (Phi) is 14.6. The molecular formula is C36H52F2O5. The van der Waals surface area contributed by atoms with Crippen molar-refractivity contribution in [3.8, 4) is 0 Å². The molecule has 0 heterocycles. The summed E-state index contributed by atoms with van der Waals surface area (Å²) in [5.41, 5.74) is 1.16. The second kappa shape index (κ2) is 17.8. The highest BCUT2D eigenvalue weighted by Crippen LogP contribution is 2.45. The van der Waals surface area contributed by atoms with Crippen LogP contribution < -0.4 is 0 Å². The molecule has 0 spiro atoms. The van der Waals surface area contributed by atoms with E-state index < -0.39 is 36.4 Å². The quantitative estimate of drug-likeness (QED) is 0.0652. The Morgan fingerprint density at radius 3 is 2.12 bits per heavy atom. The van der Waals surface area contributed by atoms with Crippen LogP contribution >= 0.6 is 0 Å². The average molecular weight is 603 g/mol. The van der Waals surface area contributed by atoms with Crippen molar-refractivity contribution < 1.29 is 33.3 Å². The van der Waals surface area contributed by atoms with Crippen LogP contribution in [0.3, 0.4) is 0 Å². The van der Waals surface area contributed by atoms with Crippen LogP contribution in [0.1, 0.15) is 108 Å². The fourth-order valence-corrected chi connectivity index (χ4v) is 6.64. The number of ether oxygens (including phenoxy) is 2. The van der Waals surface area contributed by atoms with Crippen LogP contribution in [0.25, 0.3) is 5.83 Å². The van der Waals surface area contributed by atoms with Gasteiger partial charge in [-0.1, -0.05) is 82.9 Å². The average Bonchev–Trinajstić information content (AvgIpc) is 3.04. The van der Waals surface area contributed by atoms with Crippen molar-refractivity contribution in [2.75, 3.05) is 19.8 Å². The summed E-state index contributed by atoms with van der Waals surface area (Å²) in [6.45, 7) is 10.3. The molecule has 0 bridgehead atoms. The standard InChI is InChI=1S/C36H52F2O5/c1-5-6-7-8-26-9-11-27(12-10-26)28-13-17-30(18-14-28)33(37)34(38)31-19-15-29(16-20-31)32(22-42-35(40)24(2)3)23-43-36(41)25(4)21-39/h15-16,19-20,26-28,30,32,36,39,41H,2,4-14,17-18,21-23H2,1,3H3/b34-33+. The van der Waals surface area contributed by atoms with Crippen molar-refractivity contribution in [1.82, 2.24) is 0 Å². The molecule has 0 saturated heterocycles. The van der Waals surface area contributed by atoms with Crippen LogP contribution in [0.4, 0.5) is 8.78 Å². The predicted octanol–water partition coefficient (Wildman–Crippen LogP) is 8.57. The van der Waals surface area contributed by atoms with Gasteiger partial charge in [-0.2, -0.15) is 0 Å². The Morgan fingerprint density at radius 1 is 0.953 bits per heavy atom. The van der Waals surface area contributed by atoms with Crippen molar-refractivity contribution in [3.63, 3.8) is 0 Å². The van der Waals surface area contributed by atoms with Gasteiger partial charge in [0.05, 0.1) is 13.2 Å². The fourth-order valence-electron chi connectivity index (χ4n) is 6.64. The van der Waals surface area contributed by atoms with Crippen LogP contribution in [0, 0.1) is 23.7 Å². The fraction of sp³-hybridized carbons (Fsp3) is 0.639. The summed E-state index contributed by atoms with van der Waals surface area (Å²) in [5, 5.41) is 19.2. The summed E-state index contributed by atoms with van der Waals surface area (Å²) < 4.78 is 41.4. The van der Waals surface area contributed by atoms with Crippen LogP contribution in [-0.4, -0.2) is 42.3 Å². The first kappa shape index (κ1) is 35.1. The first-order valence-corrected chi connectivity index (χ1v) is 16.2. The van der Waals surface area contributed by atoms with Gasteiger partial charge in [-0.15, -0.1) is 0 Å². The highest BCUT2D eigenvalue weighted by atomic mass is 19.2. The van der Waals surface area contributed by atoms with Crippen LogP contribution in [0.2, 0.25) is 0 Å².